The van der Waals surface area contributed by atoms with E-state index in [0.29, 0.717) is 0 Å². The van der Waals surface area contributed by atoms with Crippen molar-refractivity contribution < 1.29 is 9.90 Å². The van der Waals surface area contributed by atoms with Gasteiger partial charge >= 0.3 is 0 Å². The van der Waals surface area contributed by atoms with Gasteiger partial charge in [-0.2, -0.15) is 0 Å². The predicted molar refractivity (Wildman–Crippen MR) is 85.3 cm³/mol. The number of hydrogen-bond donors (Lipinski definition) is 2. The third kappa shape index (κ3) is 3.06. The van der Waals surface area contributed by atoms with Gasteiger partial charge in [0, 0.05) is 24.1 Å². The molecule has 1 aliphatic rings. The molecule has 0 fully saturated rings. The molecule has 1 aliphatic carbocycles. The van der Waals surface area contributed by atoms with Crippen molar-refractivity contribution in [1.29, 1.82) is 0 Å². The lowest BCUT2D eigenvalue weighted by Gasteiger charge is -2.13. The number of benzene rings is 1. The molecule has 4 heteroatoms. The number of rotatable bonds is 4. The zero-order chi connectivity index (χ0) is 14.7. The number of thiophene rings is 1. The van der Waals surface area contributed by atoms with E-state index in [1.54, 1.807) is 0 Å². The number of nitrogens with one attached hydrogen (secondary N) is 1. The van der Waals surface area contributed by atoms with Gasteiger partial charge in [0.15, 0.2) is 0 Å². The van der Waals surface area contributed by atoms with E-state index in [4.69, 9.17) is 5.11 Å². The van der Waals surface area contributed by atoms with Gasteiger partial charge in [0.25, 0.3) is 5.91 Å². The third-order valence-electron chi connectivity index (χ3n) is 3.68. The van der Waals surface area contributed by atoms with E-state index < -0.39 is 0 Å². The molecule has 21 heavy (non-hydrogen) atoms. The van der Waals surface area contributed by atoms with Crippen LogP contribution in [0.25, 0.3) is 11.1 Å². The number of aliphatic hydroxyl groups excluding tert-OH is 1. The van der Waals surface area contributed by atoms with E-state index in [1.165, 1.54) is 11.3 Å². The summed E-state index contributed by atoms with van der Waals surface area (Å²) in [6.45, 7) is 0.136. The van der Waals surface area contributed by atoms with Crippen molar-refractivity contribution in [1.82, 2.24) is 5.32 Å². The number of aliphatic hydroxyl groups is 1. The highest BCUT2D eigenvalue weighted by Gasteiger charge is 2.22. The van der Waals surface area contributed by atoms with Crippen LogP contribution >= 0.6 is 11.3 Å². The molecule has 1 aromatic carbocycles. The summed E-state index contributed by atoms with van der Waals surface area (Å²) in [6, 6.07) is 11.9. The second-order valence-corrected chi connectivity index (χ2v) is 6.09. The summed E-state index contributed by atoms with van der Waals surface area (Å²) in [7, 11) is 0. The van der Waals surface area contributed by atoms with Crippen LogP contribution in [0.3, 0.4) is 0 Å². The zero-order valence-electron chi connectivity index (χ0n) is 11.5. The third-order valence-corrected chi connectivity index (χ3v) is 4.59. The molecule has 3 rings (SSSR count). The first kappa shape index (κ1) is 14.0. The molecule has 0 spiro atoms. The molecule has 0 radical (unpaired) electrons. The van der Waals surface area contributed by atoms with Crippen LogP contribution in [0.15, 0.2) is 53.9 Å². The molecular formula is C17H17NO2S. The van der Waals surface area contributed by atoms with Crippen LogP contribution in [0.5, 0.6) is 0 Å². The Hall–Kier alpha value is -1.91. The molecule has 2 atom stereocenters. The highest BCUT2D eigenvalue weighted by atomic mass is 32.1. The Kier molecular flexibility index (Phi) is 4.18. The summed E-state index contributed by atoms with van der Waals surface area (Å²) in [5.74, 6) is 0.115. The molecule has 2 aromatic rings. The molecule has 0 saturated heterocycles. The van der Waals surface area contributed by atoms with E-state index in [0.717, 1.165) is 22.4 Å². The molecule has 3 nitrogen and oxygen atoms in total. The van der Waals surface area contributed by atoms with Gasteiger partial charge in [0.1, 0.15) is 0 Å². The Morgan fingerprint density at radius 1 is 1.24 bits per heavy atom. The second kappa shape index (κ2) is 6.24. The Morgan fingerprint density at radius 3 is 2.76 bits per heavy atom. The summed E-state index contributed by atoms with van der Waals surface area (Å²) in [4.78, 5) is 13.2. The van der Waals surface area contributed by atoms with Crippen LogP contribution in [0.1, 0.15) is 16.1 Å². The first-order chi connectivity index (χ1) is 10.3. The molecule has 0 aliphatic heterocycles. The van der Waals surface area contributed by atoms with Gasteiger partial charge in [-0.25, -0.2) is 0 Å². The quantitative estimate of drug-likeness (QED) is 0.852. The smallest absolute Gasteiger partial charge is 0.262 e. The van der Waals surface area contributed by atoms with Crippen molar-refractivity contribution in [2.24, 2.45) is 5.92 Å². The van der Waals surface area contributed by atoms with Gasteiger partial charge in [-0.05, 0) is 23.4 Å². The largest absolute Gasteiger partial charge is 0.396 e. The van der Waals surface area contributed by atoms with Crippen LogP contribution in [0, 0.1) is 5.92 Å². The van der Waals surface area contributed by atoms with Crippen LogP contribution in [0.2, 0.25) is 0 Å². The highest BCUT2D eigenvalue weighted by Crippen LogP contribution is 2.28. The number of carbonyl (C=O) groups is 1. The maximum atomic E-state index is 12.5. The fourth-order valence-corrected chi connectivity index (χ4v) is 3.40. The van der Waals surface area contributed by atoms with Gasteiger partial charge in [-0.1, -0.05) is 42.5 Å². The Labute approximate surface area is 127 Å². The monoisotopic (exact) mass is 299 g/mol. The molecule has 1 amide bonds. The summed E-state index contributed by atoms with van der Waals surface area (Å²) in [5, 5.41) is 14.1. The van der Waals surface area contributed by atoms with E-state index in [1.807, 2.05) is 53.9 Å². The Bertz CT molecular complexity index is 648. The van der Waals surface area contributed by atoms with Crippen molar-refractivity contribution in [3.8, 4) is 11.1 Å². The van der Waals surface area contributed by atoms with Crippen molar-refractivity contribution in [3.05, 3.63) is 58.8 Å². The molecule has 0 unspecified atom stereocenters. The van der Waals surface area contributed by atoms with Crippen molar-refractivity contribution >= 4 is 17.2 Å². The molecule has 1 heterocycles. The Morgan fingerprint density at radius 2 is 2.05 bits per heavy atom. The first-order valence-electron chi connectivity index (χ1n) is 7.01. The molecule has 0 bridgehead atoms. The molecule has 0 saturated carbocycles. The lowest BCUT2D eigenvalue weighted by molar-refractivity contribution is 0.0946. The summed E-state index contributed by atoms with van der Waals surface area (Å²) in [6.07, 6.45) is 4.71. The SMILES string of the molecule is O=C(N[C@@H]1C=C[C@H](CO)C1)c1sccc1-c1ccccc1. The van der Waals surface area contributed by atoms with Gasteiger partial charge in [-0.3, -0.25) is 4.79 Å². The topological polar surface area (TPSA) is 49.3 Å². The minimum atomic E-state index is -0.0444. The lowest BCUT2D eigenvalue weighted by Crippen LogP contribution is -2.32. The van der Waals surface area contributed by atoms with Gasteiger partial charge in [0.2, 0.25) is 0 Å². The van der Waals surface area contributed by atoms with E-state index in [-0.39, 0.29) is 24.5 Å². The van der Waals surface area contributed by atoms with Gasteiger partial charge in [0.05, 0.1) is 4.88 Å². The number of amides is 1. The fourth-order valence-electron chi connectivity index (χ4n) is 2.58. The van der Waals surface area contributed by atoms with Crippen LogP contribution < -0.4 is 5.32 Å². The van der Waals surface area contributed by atoms with Crippen LogP contribution in [0.4, 0.5) is 0 Å². The fraction of sp³-hybridized carbons (Fsp3) is 0.235. The average Bonchev–Trinajstić information content (AvgIpc) is 3.17. The van der Waals surface area contributed by atoms with Gasteiger partial charge in [-0.15, -0.1) is 11.3 Å². The normalized spacial score (nSPS) is 20.6. The number of hydrogen-bond acceptors (Lipinski definition) is 3. The maximum Gasteiger partial charge on any atom is 0.262 e. The highest BCUT2D eigenvalue weighted by molar-refractivity contribution is 7.12. The van der Waals surface area contributed by atoms with Gasteiger partial charge < -0.3 is 10.4 Å². The zero-order valence-corrected chi connectivity index (χ0v) is 12.3. The molecule has 2 N–H and O–H groups in total. The van der Waals surface area contributed by atoms with E-state index in [9.17, 15) is 4.79 Å². The van der Waals surface area contributed by atoms with Crippen LogP contribution in [-0.4, -0.2) is 23.7 Å². The molecular weight excluding hydrogens is 282 g/mol. The first-order valence-corrected chi connectivity index (χ1v) is 7.89. The minimum Gasteiger partial charge on any atom is -0.396 e. The second-order valence-electron chi connectivity index (χ2n) is 5.17. The van der Waals surface area contributed by atoms with Crippen molar-refractivity contribution in [2.45, 2.75) is 12.5 Å². The Balaban J connectivity index is 1.75. The summed E-state index contributed by atoms with van der Waals surface area (Å²) >= 11 is 1.46. The minimum absolute atomic E-state index is 0.0142. The number of carbonyl (C=O) groups excluding carboxylic acids is 1. The maximum absolute atomic E-state index is 12.5. The molecule has 108 valence electrons. The summed E-state index contributed by atoms with van der Waals surface area (Å²) < 4.78 is 0. The van der Waals surface area contributed by atoms with E-state index >= 15 is 0 Å². The molecule has 1 aromatic heterocycles. The van der Waals surface area contributed by atoms with Crippen molar-refractivity contribution in [3.63, 3.8) is 0 Å². The van der Waals surface area contributed by atoms with Crippen molar-refractivity contribution in [2.75, 3.05) is 6.61 Å². The lowest BCUT2D eigenvalue weighted by atomic mass is 10.1. The van der Waals surface area contributed by atoms with E-state index in [2.05, 4.69) is 5.32 Å². The predicted octanol–water partition coefficient (Wildman–Crippen LogP) is 3.08. The van der Waals surface area contributed by atoms with Crippen LogP contribution in [-0.2, 0) is 0 Å². The summed E-state index contributed by atoms with van der Waals surface area (Å²) in [5.41, 5.74) is 2.03. The average molecular weight is 299 g/mol. The standard InChI is InChI=1S/C17H17NO2S/c19-11-12-6-7-14(10-12)18-17(20)16-15(8-9-21-16)13-4-2-1-3-5-13/h1-9,12,14,19H,10-11H2,(H,18,20)/t12-,14+/m0/s1.